The van der Waals surface area contributed by atoms with Gasteiger partial charge in [0.25, 0.3) is 0 Å². The normalized spacial score (nSPS) is 10.8. The van der Waals surface area contributed by atoms with Crippen LogP contribution in [-0.2, 0) is 6.42 Å². The van der Waals surface area contributed by atoms with Crippen LogP contribution in [0.1, 0.15) is 11.6 Å². The zero-order valence-corrected chi connectivity index (χ0v) is 11.8. The first-order valence-corrected chi connectivity index (χ1v) is 6.60. The molecule has 100 valence electrons. The number of hydrogen-bond donors (Lipinski definition) is 1. The SMILES string of the molecule is Cc1nccc(-n2c(CC(N)=S)nc3ccccc32)n1. The van der Waals surface area contributed by atoms with Crippen molar-refractivity contribution in [3.63, 3.8) is 0 Å². The summed E-state index contributed by atoms with van der Waals surface area (Å²) in [5, 5.41) is 0. The van der Waals surface area contributed by atoms with E-state index in [0.717, 1.165) is 22.7 Å². The van der Waals surface area contributed by atoms with Crippen molar-refractivity contribution in [3.05, 3.63) is 48.2 Å². The summed E-state index contributed by atoms with van der Waals surface area (Å²) >= 11 is 5.01. The Bertz CT molecular complexity index is 793. The highest BCUT2D eigenvalue weighted by atomic mass is 32.1. The minimum Gasteiger partial charge on any atom is -0.393 e. The molecule has 0 bridgehead atoms. The fourth-order valence-electron chi connectivity index (χ4n) is 2.17. The number of fused-ring (bicyclic) bond motifs is 1. The molecule has 0 aliphatic heterocycles. The lowest BCUT2D eigenvalue weighted by Gasteiger charge is -2.08. The summed E-state index contributed by atoms with van der Waals surface area (Å²) in [6.45, 7) is 1.86. The van der Waals surface area contributed by atoms with Crippen LogP contribution in [0.3, 0.4) is 0 Å². The van der Waals surface area contributed by atoms with E-state index in [9.17, 15) is 0 Å². The lowest BCUT2D eigenvalue weighted by molar-refractivity contribution is 0.902. The molecule has 0 unspecified atom stereocenters. The predicted molar refractivity (Wildman–Crippen MR) is 81.9 cm³/mol. The highest BCUT2D eigenvalue weighted by Crippen LogP contribution is 2.20. The van der Waals surface area contributed by atoms with E-state index in [0.29, 0.717) is 17.2 Å². The zero-order chi connectivity index (χ0) is 14.1. The van der Waals surface area contributed by atoms with Crippen LogP contribution in [0.2, 0.25) is 0 Å². The summed E-state index contributed by atoms with van der Waals surface area (Å²) in [7, 11) is 0. The number of para-hydroxylation sites is 2. The monoisotopic (exact) mass is 283 g/mol. The summed E-state index contributed by atoms with van der Waals surface area (Å²) < 4.78 is 1.98. The fraction of sp³-hybridized carbons (Fsp3) is 0.143. The van der Waals surface area contributed by atoms with E-state index in [1.54, 1.807) is 6.20 Å². The van der Waals surface area contributed by atoms with Crippen molar-refractivity contribution in [1.82, 2.24) is 19.5 Å². The Morgan fingerprint density at radius 3 is 2.80 bits per heavy atom. The van der Waals surface area contributed by atoms with Gasteiger partial charge in [-0.2, -0.15) is 0 Å². The van der Waals surface area contributed by atoms with Crippen LogP contribution < -0.4 is 5.73 Å². The van der Waals surface area contributed by atoms with Gasteiger partial charge < -0.3 is 5.73 Å². The summed E-state index contributed by atoms with van der Waals surface area (Å²) in [4.78, 5) is 13.6. The molecule has 3 rings (SSSR count). The van der Waals surface area contributed by atoms with Gasteiger partial charge in [-0.1, -0.05) is 24.4 Å². The molecule has 0 spiro atoms. The van der Waals surface area contributed by atoms with Crippen molar-refractivity contribution in [2.75, 3.05) is 0 Å². The van der Waals surface area contributed by atoms with Gasteiger partial charge in [-0.15, -0.1) is 0 Å². The van der Waals surface area contributed by atoms with E-state index in [-0.39, 0.29) is 0 Å². The average Bonchev–Trinajstić information content (AvgIpc) is 2.75. The molecule has 2 heterocycles. The van der Waals surface area contributed by atoms with Crippen LogP contribution in [0.25, 0.3) is 16.9 Å². The highest BCUT2D eigenvalue weighted by molar-refractivity contribution is 7.80. The Kier molecular flexibility index (Phi) is 3.15. The molecule has 0 fully saturated rings. The van der Waals surface area contributed by atoms with Crippen LogP contribution >= 0.6 is 12.2 Å². The second-order valence-electron chi connectivity index (χ2n) is 4.46. The first-order valence-electron chi connectivity index (χ1n) is 6.20. The van der Waals surface area contributed by atoms with Gasteiger partial charge in [-0.3, -0.25) is 4.57 Å². The molecule has 5 nitrogen and oxygen atoms in total. The van der Waals surface area contributed by atoms with Gasteiger partial charge in [0.2, 0.25) is 0 Å². The van der Waals surface area contributed by atoms with Gasteiger partial charge in [0.1, 0.15) is 17.5 Å². The fourth-order valence-corrected chi connectivity index (χ4v) is 2.30. The molecule has 6 heteroatoms. The summed E-state index contributed by atoms with van der Waals surface area (Å²) in [5.74, 6) is 2.27. The minimum atomic E-state index is 0.410. The van der Waals surface area contributed by atoms with Crippen LogP contribution in [0, 0.1) is 6.92 Å². The van der Waals surface area contributed by atoms with Gasteiger partial charge in [-0.25, -0.2) is 15.0 Å². The number of nitrogens with zero attached hydrogens (tertiary/aromatic N) is 4. The second kappa shape index (κ2) is 4.97. The number of rotatable bonds is 3. The number of benzene rings is 1. The quantitative estimate of drug-likeness (QED) is 0.744. The molecule has 0 saturated carbocycles. The van der Waals surface area contributed by atoms with E-state index in [1.165, 1.54) is 0 Å². The number of aromatic nitrogens is 4. The Labute approximate surface area is 121 Å². The largest absolute Gasteiger partial charge is 0.393 e. The maximum atomic E-state index is 5.67. The number of hydrogen-bond acceptors (Lipinski definition) is 4. The molecule has 0 amide bonds. The first kappa shape index (κ1) is 12.7. The Balaban J connectivity index is 2.28. The number of aryl methyl sites for hydroxylation is 1. The minimum absolute atomic E-state index is 0.410. The molecule has 3 aromatic rings. The van der Waals surface area contributed by atoms with Crippen molar-refractivity contribution in [2.45, 2.75) is 13.3 Å². The van der Waals surface area contributed by atoms with Crippen molar-refractivity contribution in [3.8, 4) is 5.82 Å². The Morgan fingerprint density at radius 1 is 1.25 bits per heavy atom. The average molecular weight is 283 g/mol. The van der Waals surface area contributed by atoms with Crippen molar-refractivity contribution < 1.29 is 0 Å². The Hall–Kier alpha value is -2.34. The van der Waals surface area contributed by atoms with E-state index >= 15 is 0 Å². The van der Waals surface area contributed by atoms with E-state index in [4.69, 9.17) is 18.0 Å². The molecule has 0 aliphatic rings. The van der Waals surface area contributed by atoms with Gasteiger partial charge in [0.05, 0.1) is 22.4 Å². The molecule has 0 aliphatic carbocycles. The second-order valence-corrected chi connectivity index (χ2v) is 4.98. The molecule has 20 heavy (non-hydrogen) atoms. The smallest absolute Gasteiger partial charge is 0.142 e. The molecule has 1 aromatic carbocycles. The molecular weight excluding hydrogens is 270 g/mol. The van der Waals surface area contributed by atoms with Crippen molar-refractivity contribution >= 4 is 28.2 Å². The lowest BCUT2D eigenvalue weighted by Crippen LogP contribution is -2.15. The van der Waals surface area contributed by atoms with E-state index < -0.39 is 0 Å². The van der Waals surface area contributed by atoms with Gasteiger partial charge >= 0.3 is 0 Å². The summed E-state index contributed by atoms with van der Waals surface area (Å²) in [6, 6.07) is 9.74. The summed E-state index contributed by atoms with van der Waals surface area (Å²) in [5.41, 5.74) is 7.55. The number of imidazole rings is 1. The van der Waals surface area contributed by atoms with Crippen LogP contribution in [0.4, 0.5) is 0 Å². The maximum Gasteiger partial charge on any atom is 0.142 e. The summed E-state index contributed by atoms with van der Waals surface area (Å²) in [6.07, 6.45) is 2.17. The van der Waals surface area contributed by atoms with Gasteiger partial charge in [0, 0.05) is 6.20 Å². The topological polar surface area (TPSA) is 69.6 Å². The van der Waals surface area contributed by atoms with Gasteiger partial charge in [0.15, 0.2) is 0 Å². The van der Waals surface area contributed by atoms with E-state index in [1.807, 2.05) is 41.8 Å². The highest BCUT2D eigenvalue weighted by Gasteiger charge is 2.13. The van der Waals surface area contributed by atoms with Crippen LogP contribution in [-0.4, -0.2) is 24.5 Å². The number of thiocarbonyl (C=S) groups is 1. The molecule has 0 atom stereocenters. The third kappa shape index (κ3) is 2.25. The van der Waals surface area contributed by atoms with E-state index in [2.05, 4.69) is 15.0 Å². The first-order chi connectivity index (χ1) is 9.65. The van der Waals surface area contributed by atoms with Crippen molar-refractivity contribution in [1.29, 1.82) is 0 Å². The molecule has 0 radical (unpaired) electrons. The number of nitrogens with two attached hydrogens (primary N) is 1. The third-order valence-electron chi connectivity index (χ3n) is 2.95. The lowest BCUT2D eigenvalue weighted by atomic mass is 10.3. The maximum absolute atomic E-state index is 5.67. The molecule has 2 N–H and O–H groups in total. The third-order valence-corrected chi connectivity index (χ3v) is 3.10. The molecule has 2 aromatic heterocycles. The van der Waals surface area contributed by atoms with Crippen molar-refractivity contribution in [2.24, 2.45) is 5.73 Å². The van der Waals surface area contributed by atoms with Gasteiger partial charge in [-0.05, 0) is 25.1 Å². The predicted octanol–water partition coefficient (Wildman–Crippen LogP) is 1.95. The standard InChI is InChI=1S/C14H13N5S/c1-9-16-7-6-13(17-9)19-11-5-3-2-4-10(11)18-14(19)8-12(15)20/h2-7H,8H2,1H3,(H2,15,20). The zero-order valence-electron chi connectivity index (χ0n) is 10.9. The molecular formula is C14H13N5S. The van der Waals surface area contributed by atoms with Crippen LogP contribution in [0.15, 0.2) is 36.5 Å². The van der Waals surface area contributed by atoms with Crippen LogP contribution in [0.5, 0.6) is 0 Å². The Morgan fingerprint density at radius 2 is 2.05 bits per heavy atom. The molecule has 0 saturated heterocycles.